The Bertz CT molecular complexity index is 530. The van der Waals surface area contributed by atoms with Crippen LogP contribution < -0.4 is 34.5 Å². The Kier molecular flexibility index (Phi) is 7.17. The number of hydrogen-bond donors (Lipinski definition) is 0. The van der Waals surface area contributed by atoms with Crippen LogP contribution in [0.15, 0.2) is 24.3 Å². The number of nitrogens with zero attached hydrogens (tertiary/aromatic N) is 1. The van der Waals surface area contributed by atoms with Crippen LogP contribution in [0.4, 0.5) is 10.1 Å². The van der Waals surface area contributed by atoms with Crippen LogP contribution in [0.1, 0.15) is 13.8 Å². The van der Waals surface area contributed by atoms with Gasteiger partial charge in [-0.2, -0.15) is 0 Å². The zero-order chi connectivity index (χ0) is 13.9. The normalized spacial score (nSPS) is 11.0. The van der Waals surface area contributed by atoms with Gasteiger partial charge in [-0.25, -0.2) is 12.8 Å². The fraction of sp³-hybridized carbons (Fsp3) is 0.364. The van der Waals surface area contributed by atoms with E-state index in [2.05, 4.69) is 0 Å². The van der Waals surface area contributed by atoms with Gasteiger partial charge in [0.05, 0.1) is 0 Å². The minimum Gasteiger partial charge on any atom is -0.748 e. The average Bonchev–Trinajstić information content (AvgIpc) is 2.18. The largest absolute Gasteiger partial charge is 1.00 e. The van der Waals surface area contributed by atoms with Crippen molar-refractivity contribution in [2.45, 2.75) is 19.9 Å². The van der Waals surface area contributed by atoms with Crippen LogP contribution in [0.3, 0.4) is 0 Å². The molecule has 0 bridgehead atoms. The predicted molar refractivity (Wildman–Crippen MR) is 63.6 cm³/mol. The van der Waals surface area contributed by atoms with E-state index < -0.39 is 27.6 Å². The SMILES string of the molecule is CC(C)N(C(=O)CS(=O)(=O)[O-])c1ccc(F)cc1.[Na+]. The molecular formula is C11H13FNNaO4S. The summed E-state index contributed by atoms with van der Waals surface area (Å²) in [6.45, 7) is 3.33. The van der Waals surface area contributed by atoms with Gasteiger partial charge in [-0.3, -0.25) is 4.79 Å². The number of halogens is 1. The number of rotatable bonds is 4. The minimum absolute atomic E-state index is 0. The van der Waals surface area contributed by atoms with Gasteiger partial charge in [0.1, 0.15) is 21.7 Å². The molecule has 5 nitrogen and oxygen atoms in total. The van der Waals surface area contributed by atoms with Crippen molar-refractivity contribution in [3.05, 3.63) is 30.1 Å². The quantitative estimate of drug-likeness (QED) is 0.481. The molecule has 0 spiro atoms. The molecule has 0 saturated heterocycles. The van der Waals surface area contributed by atoms with Crippen LogP contribution in [-0.4, -0.2) is 30.7 Å². The number of carbonyl (C=O) groups excluding carboxylic acids is 1. The standard InChI is InChI=1S/C11H14FNO4S.Na/c1-8(2)13(11(14)7-18(15,16)17)10-5-3-9(12)4-6-10;/h3-6,8H,7H2,1-2H3,(H,15,16,17);/q;+1/p-1. The van der Waals surface area contributed by atoms with Gasteiger partial charge in [-0.1, -0.05) is 0 Å². The molecule has 0 atom stereocenters. The molecule has 1 rings (SSSR count). The van der Waals surface area contributed by atoms with Crippen molar-refractivity contribution in [2.24, 2.45) is 0 Å². The molecule has 8 heteroatoms. The molecule has 0 saturated carbocycles. The summed E-state index contributed by atoms with van der Waals surface area (Å²) < 4.78 is 44.5. The fourth-order valence-electron chi connectivity index (χ4n) is 1.55. The molecule has 0 heterocycles. The molecule has 19 heavy (non-hydrogen) atoms. The van der Waals surface area contributed by atoms with E-state index in [1.807, 2.05) is 0 Å². The maximum absolute atomic E-state index is 12.8. The van der Waals surface area contributed by atoms with Gasteiger partial charge in [0.15, 0.2) is 0 Å². The Morgan fingerprint density at radius 2 is 1.79 bits per heavy atom. The Morgan fingerprint density at radius 3 is 2.16 bits per heavy atom. The maximum atomic E-state index is 12.8. The Balaban J connectivity index is 0.00000324. The number of benzene rings is 1. The second-order valence-electron chi connectivity index (χ2n) is 4.04. The molecule has 1 aromatic carbocycles. The zero-order valence-corrected chi connectivity index (χ0v) is 13.8. The van der Waals surface area contributed by atoms with Crippen molar-refractivity contribution in [2.75, 3.05) is 10.7 Å². The van der Waals surface area contributed by atoms with Gasteiger partial charge in [0.2, 0.25) is 5.91 Å². The summed E-state index contributed by atoms with van der Waals surface area (Å²) in [7, 11) is -4.63. The van der Waals surface area contributed by atoms with E-state index in [1.54, 1.807) is 13.8 Å². The summed E-state index contributed by atoms with van der Waals surface area (Å²) in [5.41, 5.74) is 0.347. The van der Waals surface area contributed by atoms with Crippen LogP contribution in [0.5, 0.6) is 0 Å². The second kappa shape index (κ2) is 7.35. The molecule has 0 aromatic heterocycles. The first-order chi connectivity index (χ1) is 8.20. The predicted octanol–water partition coefficient (Wildman–Crippen LogP) is -1.88. The molecule has 1 aromatic rings. The molecule has 0 fully saturated rings. The number of amides is 1. The molecule has 1 amide bonds. The van der Waals surface area contributed by atoms with Crippen molar-refractivity contribution < 1.29 is 51.7 Å². The monoisotopic (exact) mass is 297 g/mol. The van der Waals surface area contributed by atoms with Gasteiger partial charge >= 0.3 is 29.6 Å². The van der Waals surface area contributed by atoms with Crippen molar-refractivity contribution in [3.8, 4) is 0 Å². The van der Waals surface area contributed by atoms with Gasteiger partial charge in [-0.05, 0) is 38.1 Å². The van der Waals surface area contributed by atoms with Crippen LogP contribution in [0.25, 0.3) is 0 Å². The molecule has 0 unspecified atom stereocenters. The summed E-state index contributed by atoms with van der Waals surface area (Å²) in [6.07, 6.45) is 0. The third-order valence-electron chi connectivity index (χ3n) is 2.19. The molecule has 0 aliphatic heterocycles. The van der Waals surface area contributed by atoms with E-state index in [1.165, 1.54) is 12.1 Å². The van der Waals surface area contributed by atoms with Crippen molar-refractivity contribution in [3.63, 3.8) is 0 Å². The molecular weight excluding hydrogens is 284 g/mol. The van der Waals surface area contributed by atoms with Gasteiger partial charge in [-0.15, -0.1) is 0 Å². The topological polar surface area (TPSA) is 77.5 Å². The van der Waals surface area contributed by atoms with Crippen molar-refractivity contribution in [1.82, 2.24) is 0 Å². The zero-order valence-electron chi connectivity index (χ0n) is 11.0. The van der Waals surface area contributed by atoms with Crippen LogP contribution >= 0.6 is 0 Å². The molecule has 0 aliphatic carbocycles. The van der Waals surface area contributed by atoms with E-state index in [9.17, 15) is 22.2 Å². The third kappa shape index (κ3) is 6.01. The first-order valence-electron chi connectivity index (χ1n) is 5.22. The first kappa shape index (κ1) is 18.5. The summed E-state index contributed by atoms with van der Waals surface area (Å²) in [5, 5.41) is 0. The molecule has 100 valence electrons. The average molecular weight is 297 g/mol. The van der Waals surface area contributed by atoms with E-state index in [-0.39, 0.29) is 35.6 Å². The smallest absolute Gasteiger partial charge is 0.748 e. The van der Waals surface area contributed by atoms with E-state index in [4.69, 9.17) is 0 Å². The first-order valence-corrected chi connectivity index (χ1v) is 6.79. The Labute approximate surface area is 133 Å². The summed E-state index contributed by atoms with van der Waals surface area (Å²) in [4.78, 5) is 12.9. The van der Waals surface area contributed by atoms with Crippen LogP contribution in [0.2, 0.25) is 0 Å². The summed E-state index contributed by atoms with van der Waals surface area (Å²) in [5.74, 6) is -2.40. The van der Waals surface area contributed by atoms with Crippen molar-refractivity contribution >= 4 is 21.7 Å². The number of anilines is 1. The van der Waals surface area contributed by atoms with Crippen LogP contribution in [-0.2, 0) is 14.9 Å². The Morgan fingerprint density at radius 1 is 1.32 bits per heavy atom. The van der Waals surface area contributed by atoms with E-state index >= 15 is 0 Å². The second-order valence-corrected chi connectivity index (χ2v) is 5.44. The van der Waals surface area contributed by atoms with Crippen LogP contribution in [0, 0.1) is 5.82 Å². The third-order valence-corrected chi connectivity index (χ3v) is 2.79. The maximum Gasteiger partial charge on any atom is 1.00 e. The Hall–Kier alpha value is -0.470. The van der Waals surface area contributed by atoms with E-state index in [0.717, 1.165) is 17.0 Å². The van der Waals surface area contributed by atoms with E-state index in [0.29, 0.717) is 5.69 Å². The minimum atomic E-state index is -4.63. The van der Waals surface area contributed by atoms with Gasteiger partial charge in [0.25, 0.3) is 0 Å². The number of hydrogen-bond acceptors (Lipinski definition) is 4. The molecule has 0 aliphatic rings. The van der Waals surface area contributed by atoms with Gasteiger partial charge < -0.3 is 9.45 Å². The summed E-state index contributed by atoms with van der Waals surface area (Å²) >= 11 is 0. The van der Waals surface area contributed by atoms with Gasteiger partial charge in [0, 0.05) is 11.7 Å². The molecule has 0 N–H and O–H groups in total. The fourth-order valence-corrected chi connectivity index (χ4v) is 1.99. The summed E-state index contributed by atoms with van der Waals surface area (Å²) in [6, 6.07) is 4.67. The molecule has 0 radical (unpaired) electrons. The van der Waals surface area contributed by atoms with Crippen molar-refractivity contribution in [1.29, 1.82) is 0 Å². The number of carbonyl (C=O) groups is 1.